The number of hydrogen-bond donors (Lipinski definition) is 2. The molecule has 2 amide bonds. The van der Waals surface area contributed by atoms with E-state index in [1.165, 1.54) is 19.1 Å². The van der Waals surface area contributed by atoms with Crippen LogP contribution < -0.4 is 10.6 Å². The summed E-state index contributed by atoms with van der Waals surface area (Å²) in [6.07, 6.45) is -7.79. The predicted octanol–water partition coefficient (Wildman–Crippen LogP) is 6.65. The van der Waals surface area contributed by atoms with E-state index in [1.54, 1.807) is 0 Å². The van der Waals surface area contributed by atoms with Crippen LogP contribution in [0, 0.1) is 18.6 Å². The molecule has 2 N–H and O–H groups in total. The molecule has 208 valence electrons. The number of anilines is 1. The minimum atomic E-state index is -4.95. The normalized spacial score (nSPS) is 15.1. The van der Waals surface area contributed by atoms with E-state index in [0.29, 0.717) is 12.1 Å². The number of benzene rings is 3. The monoisotopic (exact) mass is 584 g/mol. The van der Waals surface area contributed by atoms with Gasteiger partial charge in [0.1, 0.15) is 18.2 Å². The lowest BCUT2D eigenvalue weighted by Crippen LogP contribution is -2.21. The molecule has 0 saturated carbocycles. The quantitative estimate of drug-likeness (QED) is 0.258. The molecule has 40 heavy (non-hydrogen) atoms. The fourth-order valence-electron chi connectivity index (χ4n) is 4.77. The molecule has 1 aliphatic heterocycles. The van der Waals surface area contributed by atoms with E-state index in [9.17, 15) is 40.3 Å². The Balaban J connectivity index is 1.73. The molecule has 3 aromatic carbocycles. The molecular formula is C26H16ClF7N4O2. The number of halogens is 8. The average Bonchev–Trinajstić information content (AvgIpc) is 3.35. The maximum absolute atomic E-state index is 14.2. The van der Waals surface area contributed by atoms with Crippen LogP contribution in [0.25, 0.3) is 10.9 Å². The lowest BCUT2D eigenvalue weighted by molar-refractivity contribution is -0.137. The number of carbonyl (C=O) groups is 2. The third-order valence-corrected chi connectivity index (χ3v) is 6.71. The molecule has 0 unspecified atom stereocenters. The zero-order valence-corrected chi connectivity index (χ0v) is 20.9. The van der Waals surface area contributed by atoms with Crippen molar-refractivity contribution in [2.45, 2.75) is 32.1 Å². The van der Waals surface area contributed by atoms with Crippen LogP contribution >= 0.6 is 11.6 Å². The van der Waals surface area contributed by atoms with Crippen molar-refractivity contribution in [2.75, 3.05) is 5.32 Å². The summed E-state index contributed by atoms with van der Waals surface area (Å²) in [6.45, 7) is 0.611. The van der Waals surface area contributed by atoms with Gasteiger partial charge < -0.3 is 10.6 Å². The van der Waals surface area contributed by atoms with Gasteiger partial charge >= 0.3 is 6.18 Å². The lowest BCUT2D eigenvalue weighted by atomic mass is 9.93. The molecular weight excluding hydrogens is 569 g/mol. The Morgan fingerprint density at radius 2 is 1.85 bits per heavy atom. The molecule has 0 bridgehead atoms. The summed E-state index contributed by atoms with van der Waals surface area (Å²) >= 11 is 6.28. The van der Waals surface area contributed by atoms with Gasteiger partial charge in [0.25, 0.3) is 18.2 Å². The first kappa shape index (κ1) is 27.4. The topological polar surface area (TPSA) is 76.0 Å². The van der Waals surface area contributed by atoms with Gasteiger partial charge in [0.05, 0.1) is 28.4 Å². The van der Waals surface area contributed by atoms with Crippen molar-refractivity contribution in [3.8, 4) is 0 Å². The largest absolute Gasteiger partial charge is 0.416 e. The Labute approximate surface area is 225 Å². The minimum absolute atomic E-state index is 0.0169. The van der Waals surface area contributed by atoms with E-state index in [2.05, 4.69) is 15.7 Å². The van der Waals surface area contributed by atoms with Crippen molar-refractivity contribution < 1.29 is 40.3 Å². The molecule has 1 aliphatic rings. The molecule has 14 heteroatoms. The van der Waals surface area contributed by atoms with Crippen LogP contribution in [-0.4, -0.2) is 28.0 Å². The van der Waals surface area contributed by atoms with Gasteiger partial charge in [-0.25, -0.2) is 17.6 Å². The number of carbonyl (C=O) groups excluding carboxylic acids is 2. The SMILES string of the molecule is Cc1nn(CC(F)F)c2cc(NC(=O)c3cc(F)cc(C(F)(F)F)c3)c3c(c12)C(=O)N[C@@H]3c1cc(F)ccc1Cl. The van der Waals surface area contributed by atoms with Crippen LogP contribution in [0.2, 0.25) is 5.02 Å². The van der Waals surface area contributed by atoms with Gasteiger partial charge in [0, 0.05) is 32.8 Å². The highest BCUT2D eigenvalue weighted by Crippen LogP contribution is 2.44. The van der Waals surface area contributed by atoms with E-state index in [0.717, 1.165) is 16.8 Å². The van der Waals surface area contributed by atoms with Gasteiger partial charge in [-0.15, -0.1) is 0 Å². The second-order valence-corrected chi connectivity index (χ2v) is 9.43. The molecule has 6 nitrogen and oxygen atoms in total. The predicted molar refractivity (Wildman–Crippen MR) is 131 cm³/mol. The van der Waals surface area contributed by atoms with Gasteiger partial charge in [0.15, 0.2) is 0 Å². The highest BCUT2D eigenvalue weighted by Gasteiger charge is 2.38. The molecule has 4 aromatic rings. The van der Waals surface area contributed by atoms with Gasteiger partial charge in [-0.3, -0.25) is 14.3 Å². The van der Waals surface area contributed by atoms with Crippen LogP contribution in [0.5, 0.6) is 0 Å². The number of rotatable bonds is 5. The Morgan fingerprint density at radius 1 is 1.12 bits per heavy atom. The van der Waals surface area contributed by atoms with Crippen LogP contribution in [0.3, 0.4) is 0 Å². The zero-order valence-electron chi connectivity index (χ0n) is 20.1. The van der Waals surface area contributed by atoms with Gasteiger partial charge in [-0.05, 0) is 49.4 Å². The molecule has 0 radical (unpaired) electrons. The highest BCUT2D eigenvalue weighted by molar-refractivity contribution is 6.31. The molecule has 0 saturated heterocycles. The van der Waals surface area contributed by atoms with E-state index in [4.69, 9.17) is 11.6 Å². The summed E-state index contributed by atoms with van der Waals surface area (Å²) in [7, 11) is 0. The van der Waals surface area contributed by atoms with Gasteiger partial charge in [-0.1, -0.05) is 11.6 Å². The average molecular weight is 585 g/mol. The Hall–Kier alpha value is -4.13. The summed E-state index contributed by atoms with van der Waals surface area (Å²) in [5.74, 6) is -3.93. The fraction of sp³-hybridized carbons (Fsp3) is 0.192. The Morgan fingerprint density at radius 3 is 2.52 bits per heavy atom. The number of aromatic nitrogens is 2. The number of nitrogens with one attached hydrogen (secondary N) is 2. The highest BCUT2D eigenvalue weighted by atomic mass is 35.5. The summed E-state index contributed by atoms with van der Waals surface area (Å²) in [5.41, 5.74) is -2.03. The van der Waals surface area contributed by atoms with E-state index in [1.807, 2.05) is 0 Å². The molecule has 0 fully saturated rings. The number of amides is 2. The molecule has 1 aromatic heterocycles. The third-order valence-electron chi connectivity index (χ3n) is 6.36. The maximum Gasteiger partial charge on any atom is 0.416 e. The summed E-state index contributed by atoms with van der Waals surface area (Å²) in [5, 5.41) is 9.30. The van der Waals surface area contributed by atoms with E-state index >= 15 is 0 Å². The number of nitrogens with zero attached hydrogens (tertiary/aromatic N) is 2. The van der Waals surface area contributed by atoms with Crippen molar-refractivity contribution in [3.63, 3.8) is 0 Å². The smallest absolute Gasteiger partial charge is 0.341 e. The Kier molecular flexibility index (Phi) is 6.73. The van der Waals surface area contributed by atoms with Crippen molar-refractivity contribution >= 4 is 40.0 Å². The summed E-state index contributed by atoms with van der Waals surface area (Å²) in [4.78, 5) is 26.3. The van der Waals surface area contributed by atoms with Crippen molar-refractivity contribution in [1.82, 2.24) is 15.1 Å². The summed E-state index contributed by atoms with van der Waals surface area (Å²) < 4.78 is 95.4. The van der Waals surface area contributed by atoms with Crippen molar-refractivity contribution in [3.05, 3.63) is 92.6 Å². The molecule has 0 aliphatic carbocycles. The van der Waals surface area contributed by atoms with Crippen LogP contribution in [0.4, 0.5) is 36.4 Å². The zero-order chi connectivity index (χ0) is 29.1. The maximum atomic E-state index is 14.2. The summed E-state index contributed by atoms with van der Waals surface area (Å²) in [6, 6.07) is 4.68. The fourth-order valence-corrected chi connectivity index (χ4v) is 5.00. The minimum Gasteiger partial charge on any atom is -0.341 e. The van der Waals surface area contributed by atoms with Crippen LogP contribution in [0.1, 0.15) is 49.1 Å². The van der Waals surface area contributed by atoms with Gasteiger partial charge in [0.2, 0.25) is 0 Å². The second kappa shape index (κ2) is 9.81. The first-order valence-electron chi connectivity index (χ1n) is 11.5. The third kappa shape index (κ3) is 4.85. The van der Waals surface area contributed by atoms with Crippen LogP contribution in [0.15, 0.2) is 42.5 Å². The number of alkyl halides is 5. The first-order chi connectivity index (χ1) is 18.7. The number of hydrogen-bond acceptors (Lipinski definition) is 3. The molecule has 5 rings (SSSR count). The standard InChI is InChI=1S/C26H16ClF7N4O2/c1-10-20-18(38(37-10)9-19(30)31)8-17(35-24(39)11-4-12(26(32,33)34)6-14(29)5-11)21-22(20)25(40)36-23(21)15-7-13(28)2-3-16(15)27/h2-8,19,23H,9H2,1H3,(H,35,39)(H,36,40)/t23-/m1/s1. The number of fused-ring (bicyclic) bond motifs is 3. The second-order valence-electron chi connectivity index (χ2n) is 9.02. The molecule has 1 atom stereocenters. The number of aryl methyl sites for hydroxylation is 1. The van der Waals surface area contributed by atoms with Crippen LogP contribution in [-0.2, 0) is 12.7 Å². The first-order valence-corrected chi connectivity index (χ1v) is 11.9. The van der Waals surface area contributed by atoms with E-state index < -0.39 is 59.8 Å². The van der Waals surface area contributed by atoms with Gasteiger partial charge in [-0.2, -0.15) is 18.3 Å². The molecule has 2 heterocycles. The lowest BCUT2D eigenvalue weighted by Gasteiger charge is -2.19. The Bertz CT molecular complexity index is 1700. The van der Waals surface area contributed by atoms with E-state index in [-0.39, 0.29) is 50.1 Å². The molecule has 0 spiro atoms. The van der Waals surface area contributed by atoms with Crippen molar-refractivity contribution in [1.29, 1.82) is 0 Å². The van der Waals surface area contributed by atoms with Crippen molar-refractivity contribution in [2.24, 2.45) is 0 Å².